The van der Waals surface area contributed by atoms with Crippen molar-refractivity contribution in [1.82, 2.24) is 9.97 Å². The van der Waals surface area contributed by atoms with E-state index in [1.807, 2.05) is 6.92 Å². The molecule has 0 aliphatic heterocycles. The molecule has 0 saturated carbocycles. The molecule has 0 atom stereocenters. The number of aryl methyl sites for hydroxylation is 3. The normalized spacial score (nSPS) is 13.6. The third kappa shape index (κ3) is 3.46. The molecule has 0 radical (unpaired) electrons. The summed E-state index contributed by atoms with van der Waals surface area (Å²) in [4.78, 5) is 23.5. The molecule has 1 aliphatic carbocycles. The molecule has 4 nitrogen and oxygen atoms in total. The first-order valence-corrected chi connectivity index (χ1v) is 10.4. The average Bonchev–Trinajstić information content (AvgIpc) is 3.01. The number of hydrogen-bond acceptors (Lipinski definition) is 5. The zero-order valence-corrected chi connectivity index (χ0v) is 16.0. The Bertz CT molecular complexity index is 986. The maximum atomic E-state index is 13.9. The van der Waals surface area contributed by atoms with Gasteiger partial charge in [-0.15, -0.1) is 11.3 Å². The van der Waals surface area contributed by atoms with E-state index < -0.39 is 5.82 Å². The molecule has 1 aromatic carbocycles. The molecule has 0 spiro atoms. The Morgan fingerprint density at radius 3 is 3.00 bits per heavy atom. The van der Waals surface area contributed by atoms with Gasteiger partial charge in [-0.05, 0) is 55.9 Å². The van der Waals surface area contributed by atoms with E-state index in [1.54, 1.807) is 29.8 Å². The van der Waals surface area contributed by atoms with E-state index in [2.05, 4.69) is 15.3 Å². The van der Waals surface area contributed by atoms with Crippen LogP contribution in [0, 0.1) is 12.7 Å². The highest BCUT2D eigenvalue weighted by atomic mass is 32.2. The summed E-state index contributed by atoms with van der Waals surface area (Å²) < 4.78 is 13.9. The first-order valence-electron chi connectivity index (χ1n) is 8.56. The largest absolute Gasteiger partial charge is 0.323 e. The number of amides is 1. The maximum Gasteiger partial charge on any atom is 0.234 e. The van der Waals surface area contributed by atoms with Crippen molar-refractivity contribution in [2.75, 3.05) is 11.1 Å². The Morgan fingerprint density at radius 1 is 1.31 bits per heavy atom. The third-order valence-corrected chi connectivity index (χ3v) is 6.64. The number of carbonyl (C=O) groups is 1. The lowest BCUT2D eigenvalue weighted by Crippen LogP contribution is -2.15. The topological polar surface area (TPSA) is 54.9 Å². The van der Waals surface area contributed by atoms with Crippen molar-refractivity contribution in [3.05, 3.63) is 46.3 Å². The fourth-order valence-electron chi connectivity index (χ4n) is 3.21. The maximum absolute atomic E-state index is 13.9. The van der Waals surface area contributed by atoms with Crippen LogP contribution >= 0.6 is 23.1 Å². The van der Waals surface area contributed by atoms with E-state index in [1.165, 1.54) is 41.1 Å². The van der Waals surface area contributed by atoms with Gasteiger partial charge >= 0.3 is 0 Å². The number of benzene rings is 1. The Balaban J connectivity index is 1.51. The van der Waals surface area contributed by atoms with Gasteiger partial charge in [0, 0.05) is 10.3 Å². The number of nitrogens with zero attached hydrogens (tertiary/aromatic N) is 2. The average molecular weight is 388 g/mol. The van der Waals surface area contributed by atoms with Gasteiger partial charge in [0.05, 0.1) is 11.4 Å². The highest BCUT2D eigenvalue weighted by Crippen LogP contribution is 2.39. The van der Waals surface area contributed by atoms with Crippen molar-refractivity contribution >= 4 is 44.9 Å². The minimum Gasteiger partial charge on any atom is -0.323 e. The fourth-order valence-corrected chi connectivity index (χ4v) is 5.33. The zero-order chi connectivity index (χ0) is 18.1. The van der Waals surface area contributed by atoms with Crippen LogP contribution in [-0.2, 0) is 17.6 Å². The number of aromatic nitrogens is 2. The summed E-state index contributed by atoms with van der Waals surface area (Å²) >= 11 is 3.12. The molecule has 7 heteroatoms. The van der Waals surface area contributed by atoms with Crippen LogP contribution in [0.5, 0.6) is 0 Å². The number of thiophene rings is 1. The van der Waals surface area contributed by atoms with Crippen LogP contribution in [-0.4, -0.2) is 21.6 Å². The summed E-state index contributed by atoms with van der Waals surface area (Å²) in [6.45, 7) is 1.81. The van der Waals surface area contributed by atoms with Gasteiger partial charge in [-0.1, -0.05) is 17.8 Å². The van der Waals surface area contributed by atoms with E-state index >= 15 is 0 Å². The van der Waals surface area contributed by atoms with Gasteiger partial charge in [0.25, 0.3) is 0 Å². The molecule has 1 N–H and O–H groups in total. The molecule has 2 aromatic heterocycles. The number of rotatable bonds is 4. The molecular formula is C19H18FN3OS2. The van der Waals surface area contributed by atoms with Crippen molar-refractivity contribution < 1.29 is 9.18 Å². The number of anilines is 1. The lowest BCUT2D eigenvalue weighted by Gasteiger charge is -2.11. The van der Waals surface area contributed by atoms with Crippen molar-refractivity contribution in [1.29, 1.82) is 0 Å². The van der Waals surface area contributed by atoms with Gasteiger partial charge in [0.15, 0.2) is 0 Å². The summed E-state index contributed by atoms with van der Waals surface area (Å²) in [6.07, 6.45) is 6.13. The number of thioether (sulfide) groups is 1. The predicted molar refractivity (Wildman–Crippen MR) is 105 cm³/mol. The Kier molecular flexibility index (Phi) is 4.91. The molecule has 3 aromatic rings. The monoisotopic (exact) mass is 387 g/mol. The molecule has 2 heterocycles. The zero-order valence-electron chi connectivity index (χ0n) is 14.3. The second kappa shape index (κ2) is 7.32. The lowest BCUT2D eigenvalue weighted by molar-refractivity contribution is -0.113. The van der Waals surface area contributed by atoms with E-state index in [-0.39, 0.29) is 17.3 Å². The summed E-state index contributed by atoms with van der Waals surface area (Å²) in [7, 11) is 0. The number of hydrogen-bond donors (Lipinski definition) is 1. The van der Waals surface area contributed by atoms with E-state index in [4.69, 9.17) is 0 Å². The van der Waals surface area contributed by atoms with Gasteiger partial charge in [-0.2, -0.15) is 0 Å². The molecule has 134 valence electrons. The van der Waals surface area contributed by atoms with Crippen molar-refractivity contribution in [2.24, 2.45) is 0 Å². The Morgan fingerprint density at radius 2 is 2.15 bits per heavy atom. The van der Waals surface area contributed by atoms with Gasteiger partial charge in [0.1, 0.15) is 22.0 Å². The molecule has 1 amide bonds. The van der Waals surface area contributed by atoms with E-state index in [0.717, 1.165) is 33.6 Å². The number of halogens is 1. The quantitative estimate of drug-likeness (QED) is 0.519. The standard InChI is InChI=1S/C19H18FN3OS2/c1-11-6-7-14(13(20)8-11)23-16(24)9-25-18-17-12-4-2-3-5-15(12)26-19(17)22-10-21-18/h6-8,10H,2-5,9H2,1H3,(H,23,24). The molecule has 0 unspecified atom stereocenters. The highest BCUT2D eigenvalue weighted by Gasteiger charge is 2.20. The lowest BCUT2D eigenvalue weighted by atomic mass is 9.97. The van der Waals surface area contributed by atoms with Crippen LogP contribution in [0.4, 0.5) is 10.1 Å². The second-order valence-corrected chi connectivity index (χ2v) is 8.44. The summed E-state index contributed by atoms with van der Waals surface area (Å²) in [5, 5.41) is 4.58. The third-order valence-electron chi connectivity index (χ3n) is 4.46. The van der Waals surface area contributed by atoms with Crippen LogP contribution < -0.4 is 5.32 Å². The second-order valence-electron chi connectivity index (χ2n) is 6.39. The smallest absolute Gasteiger partial charge is 0.234 e. The molecule has 4 rings (SSSR count). The molecule has 26 heavy (non-hydrogen) atoms. The Hall–Kier alpha value is -1.99. The van der Waals surface area contributed by atoms with Crippen LogP contribution in [0.1, 0.15) is 28.8 Å². The summed E-state index contributed by atoms with van der Waals surface area (Å²) in [5.41, 5.74) is 2.38. The number of nitrogens with one attached hydrogen (secondary N) is 1. The highest BCUT2D eigenvalue weighted by molar-refractivity contribution is 8.00. The minimum absolute atomic E-state index is 0.185. The van der Waals surface area contributed by atoms with Crippen LogP contribution in [0.15, 0.2) is 29.6 Å². The van der Waals surface area contributed by atoms with Crippen LogP contribution in [0.25, 0.3) is 10.2 Å². The van der Waals surface area contributed by atoms with E-state index in [9.17, 15) is 9.18 Å². The molecular weight excluding hydrogens is 369 g/mol. The first kappa shape index (κ1) is 17.4. The first-order chi connectivity index (χ1) is 12.6. The molecule has 0 saturated heterocycles. The molecule has 1 aliphatic rings. The van der Waals surface area contributed by atoms with Gasteiger partial charge in [-0.3, -0.25) is 4.79 Å². The SMILES string of the molecule is Cc1ccc(NC(=O)CSc2ncnc3sc4c(c23)CCCC4)c(F)c1. The van der Waals surface area contributed by atoms with Crippen LogP contribution in [0.3, 0.4) is 0 Å². The van der Waals surface area contributed by atoms with Crippen molar-refractivity contribution in [3.63, 3.8) is 0 Å². The van der Waals surface area contributed by atoms with E-state index in [0.29, 0.717) is 0 Å². The number of fused-ring (bicyclic) bond motifs is 3. The van der Waals surface area contributed by atoms with Crippen molar-refractivity contribution in [3.8, 4) is 0 Å². The Labute approximate surface area is 159 Å². The summed E-state index contributed by atoms with van der Waals surface area (Å²) in [5.74, 6) is -0.474. The molecule has 0 fully saturated rings. The molecule has 0 bridgehead atoms. The predicted octanol–water partition coefficient (Wildman–Crippen LogP) is 4.75. The summed E-state index contributed by atoms with van der Waals surface area (Å²) in [6, 6.07) is 4.77. The van der Waals surface area contributed by atoms with Gasteiger partial charge in [-0.25, -0.2) is 14.4 Å². The van der Waals surface area contributed by atoms with Gasteiger partial charge < -0.3 is 5.32 Å². The van der Waals surface area contributed by atoms with Gasteiger partial charge in [0.2, 0.25) is 5.91 Å². The van der Waals surface area contributed by atoms with Crippen LogP contribution in [0.2, 0.25) is 0 Å². The fraction of sp³-hybridized carbons (Fsp3) is 0.316. The minimum atomic E-state index is -0.417. The van der Waals surface area contributed by atoms with Crippen molar-refractivity contribution in [2.45, 2.75) is 37.6 Å². The number of carbonyl (C=O) groups excluding carboxylic acids is 1.